The summed E-state index contributed by atoms with van der Waals surface area (Å²) in [6, 6.07) is 7.73. The molecule has 1 aliphatic rings. The molecular weight excluding hydrogens is 304 g/mol. The number of hydrogen-bond acceptors (Lipinski definition) is 4. The molecule has 0 spiro atoms. The maximum Gasteiger partial charge on any atom is 0.222 e. The van der Waals surface area contributed by atoms with Gasteiger partial charge >= 0.3 is 0 Å². The molecule has 1 aliphatic heterocycles. The van der Waals surface area contributed by atoms with Gasteiger partial charge in [0.2, 0.25) is 5.91 Å². The second-order valence-electron chi connectivity index (χ2n) is 6.46. The van der Waals surface area contributed by atoms with Gasteiger partial charge in [0.15, 0.2) is 0 Å². The van der Waals surface area contributed by atoms with Crippen molar-refractivity contribution >= 4 is 5.91 Å². The quantitative estimate of drug-likeness (QED) is 0.743. The zero-order valence-corrected chi connectivity index (χ0v) is 14.9. The van der Waals surface area contributed by atoms with E-state index in [9.17, 15) is 4.79 Å². The van der Waals surface area contributed by atoms with Gasteiger partial charge in [-0.25, -0.2) is 0 Å². The lowest BCUT2D eigenvalue weighted by Gasteiger charge is -2.34. The normalized spacial score (nSPS) is 19.0. The van der Waals surface area contributed by atoms with Crippen LogP contribution in [0.3, 0.4) is 0 Å². The molecule has 0 radical (unpaired) electrons. The third kappa shape index (κ3) is 5.71. The number of hydrogen-bond donors (Lipinski definition) is 1. The Balaban J connectivity index is 1.67. The molecule has 1 heterocycles. The van der Waals surface area contributed by atoms with Crippen molar-refractivity contribution in [1.82, 2.24) is 4.90 Å². The fourth-order valence-electron chi connectivity index (χ4n) is 3.04. The Labute approximate surface area is 145 Å². The van der Waals surface area contributed by atoms with Gasteiger partial charge in [-0.2, -0.15) is 0 Å². The molecule has 0 saturated carbocycles. The monoisotopic (exact) mass is 334 g/mol. The smallest absolute Gasteiger partial charge is 0.222 e. The number of carbonyl (C=O) groups is 1. The number of nitrogens with two attached hydrogens (primary N) is 1. The van der Waals surface area contributed by atoms with Gasteiger partial charge in [-0.3, -0.25) is 4.79 Å². The summed E-state index contributed by atoms with van der Waals surface area (Å²) in [5.41, 5.74) is 5.98. The van der Waals surface area contributed by atoms with Crippen molar-refractivity contribution in [2.75, 3.05) is 26.3 Å². The van der Waals surface area contributed by atoms with E-state index >= 15 is 0 Å². The first-order chi connectivity index (χ1) is 11.6. The molecule has 5 nitrogen and oxygen atoms in total. The van der Waals surface area contributed by atoms with Gasteiger partial charge in [0.25, 0.3) is 0 Å². The third-order valence-corrected chi connectivity index (χ3v) is 4.49. The number of ether oxygens (including phenoxy) is 2. The van der Waals surface area contributed by atoms with Crippen molar-refractivity contribution in [3.05, 3.63) is 24.3 Å². The van der Waals surface area contributed by atoms with E-state index in [2.05, 4.69) is 0 Å². The summed E-state index contributed by atoms with van der Waals surface area (Å²) in [5, 5.41) is 0. The van der Waals surface area contributed by atoms with Crippen LogP contribution >= 0.6 is 0 Å². The minimum absolute atomic E-state index is 0.156. The Hall–Kier alpha value is -1.75. The van der Waals surface area contributed by atoms with E-state index < -0.39 is 0 Å². The molecule has 2 N–H and O–H groups in total. The zero-order valence-electron chi connectivity index (χ0n) is 14.9. The van der Waals surface area contributed by atoms with Gasteiger partial charge in [0, 0.05) is 25.6 Å². The van der Waals surface area contributed by atoms with Gasteiger partial charge in [-0.05, 0) is 63.3 Å². The first-order valence-electron chi connectivity index (χ1n) is 8.99. The summed E-state index contributed by atoms with van der Waals surface area (Å²) in [4.78, 5) is 14.3. The van der Waals surface area contributed by atoms with E-state index in [0.29, 0.717) is 25.6 Å². The second-order valence-corrected chi connectivity index (χ2v) is 6.46. The average molecular weight is 334 g/mol. The van der Waals surface area contributed by atoms with Crippen LogP contribution in [0, 0.1) is 5.92 Å². The van der Waals surface area contributed by atoms with Crippen molar-refractivity contribution in [1.29, 1.82) is 0 Å². The van der Waals surface area contributed by atoms with Crippen molar-refractivity contribution in [2.24, 2.45) is 11.7 Å². The predicted octanol–water partition coefficient (Wildman–Crippen LogP) is 2.83. The van der Waals surface area contributed by atoms with Crippen LogP contribution in [0.25, 0.3) is 0 Å². The molecule has 1 aromatic rings. The van der Waals surface area contributed by atoms with Crippen molar-refractivity contribution < 1.29 is 14.3 Å². The Morgan fingerprint density at radius 2 is 1.96 bits per heavy atom. The molecule has 2 rings (SSSR count). The third-order valence-electron chi connectivity index (χ3n) is 4.49. The van der Waals surface area contributed by atoms with Crippen molar-refractivity contribution in [3.63, 3.8) is 0 Å². The summed E-state index contributed by atoms with van der Waals surface area (Å²) in [5.74, 6) is 2.30. The van der Waals surface area contributed by atoms with Gasteiger partial charge in [-0.15, -0.1) is 0 Å². The van der Waals surface area contributed by atoms with Crippen LogP contribution in [0.2, 0.25) is 0 Å². The molecule has 2 unspecified atom stereocenters. The number of likely N-dealkylation sites (tertiary alicyclic amines) is 1. The number of benzene rings is 1. The highest BCUT2D eigenvalue weighted by Gasteiger charge is 2.25. The largest absolute Gasteiger partial charge is 0.494 e. The molecule has 1 saturated heterocycles. The van der Waals surface area contributed by atoms with Crippen LogP contribution < -0.4 is 15.2 Å². The topological polar surface area (TPSA) is 64.8 Å². The number of nitrogens with zero attached hydrogens (tertiary/aromatic N) is 1. The highest BCUT2D eigenvalue weighted by atomic mass is 16.5. The summed E-state index contributed by atoms with van der Waals surface area (Å²) < 4.78 is 11.1. The number of amides is 1. The van der Waals surface area contributed by atoms with Crippen molar-refractivity contribution in [2.45, 2.75) is 45.6 Å². The fourth-order valence-corrected chi connectivity index (χ4v) is 3.04. The molecule has 1 fully saturated rings. The lowest BCUT2D eigenvalue weighted by molar-refractivity contribution is -0.133. The summed E-state index contributed by atoms with van der Waals surface area (Å²) in [7, 11) is 0. The van der Waals surface area contributed by atoms with Gasteiger partial charge in [-0.1, -0.05) is 0 Å². The Morgan fingerprint density at radius 1 is 1.29 bits per heavy atom. The predicted molar refractivity (Wildman–Crippen MR) is 95.3 cm³/mol. The molecule has 1 aromatic carbocycles. The molecule has 0 aliphatic carbocycles. The van der Waals surface area contributed by atoms with Gasteiger partial charge in [0.05, 0.1) is 13.2 Å². The van der Waals surface area contributed by atoms with Crippen LogP contribution in [0.4, 0.5) is 0 Å². The van der Waals surface area contributed by atoms with Crippen molar-refractivity contribution in [3.8, 4) is 11.5 Å². The molecule has 1 amide bonds. The van der Waals surface area contributed by atoms with E-state index in [4.69, 9.17) is 15.2 Å². The highest BCUT2D eigenvalue weighted by Crippen LogP contribution is 2.20. The van der Waals surface area contributed by atoms with Gasteiger partial charge in [0.1, 0.15) is 11.5 Å². The minimum Gasteiger partial charge on any atom is -0.494 e. The zero-order chi connectivity index (χ0) is 17.4. The standard InChI is InChI=1S/C19H30N2O3/c1-3-23-17-8-10-18(11-9-17)24-13-5-7-19(22)21-12-4-6-16(14-21)15(2)20/h8-11,15-16H,3-7,12-14,20H2,1-2H3. The number of rotatable bonds is 8. The van der Waals surface area contributed by atoms with E-state index in [1.807, 2.05) is 43.0 Å². The molecular formula is C19H30N2O3. The summed E-state index contributed by atoms with van der Waals surface area (Å²) in [6.45, 7) is 6.86. The highest BCUT2D eigenvalue weighted by molar-refractivity contribution is 5.76. The lowest BCUT2D eigenvalue weighted by atomic mass is 9.92. The first kappa shape index (κ1) is 18.6. The second kappa shape index (κ2) is 9.52. The fraction of sp³-hybridized carbons (Fsp3) is 0.632. The Kier molecular flexibility index (Phi) is 7.37. The lowest BCUT2D eigenvalue weighted by Crippen LogP contribution is -2.45. The van der Waals surface area contributed by atoms with Gasteiger partial charge < -0.3 is 20.1 Å². The maximum absolute atomic E-state index is 12.3. The van der Waals surface area contributed by atoms with E-state index in [-0.39, 0.29) is 11.9 Å². The van der Waals surface area contributed by atoms with Crippen LogP contribution in [0.5, 0.6) is 11.5 Å². The SMILES string of the molecule is CCOc1ccc(OCCCC(=O)N2CCCC(C(C)N)C2)cc1. The van der Waals surface area contributed by atoms with Crippen LogP contribution in [-0.2, 0) is 4.79 Å². The van der Waals surface area contributed by atoms with E-state index in [1.165, 1.54) is 0 Å². The summed E-state index contributed by atoms with van der Waals surface area (Å²) in [6.07, 6.45) is 3.44. The summed E-state index contributed by atoms with van der Waals surface area (Å²) >= 11 is 0. The maximum atomic E-state index is 12.3. The van der Waals surface area contributed by atoms with E-state index in [0.717, 1.165) is 43.9 Å². The number of carbonyl (C=O) groups excluding carboxylic acids is 1. The van der Waals surface area contributed by atoms with Crippen LogP contribution in [0.1, 0.15) is 39.5 Å². The van der Waals surface area contributed by atoms with Crippen LogP contribution in [-0.4, -0.2) is 43.2 Å². The molecule has 0 aromatic heterocycles. The van der Waals surface area contributed by atoms with E-state index in [1.54, 1.807) is 0 Å². The Morgan fingerprint density at radius 3 is 2.58 bits per heavy atom. The first-order valence-corrected chi connectivity index (χ1v) is 8.99. The number of piperidine rings is 1. The molecule has 134 valence electrons. The average Bonchev–Trinajstić information content (AvgIpc) is 2.60. The minimum atomic E-state index is 0.156. The molecule has 5 heteroatoms. The molecule has 2 atom stereocenters. The Bertz CT molecular complexity index is 502. The molecule has 0 bridgehead atoms. The van der Waals surface area contributed by atoms with Crippen LogP contribution in [0.15, 0.2) is 24.3 Å². The molecule has 24 heavy (non-hydrogen) atoms.